The minimum atomic E-state index is -0.533. The molecular weight excluding hydrogens is 454 g/mol. The zero-order valence-electron chi connectivity index (χ0n) is 19.2. The molecule has 3 aromatic heterocycles. The molecule has 180 valence electrons. The van der Waals surface area contributed by atoms with Gasteiger partial charge in [-0.1, -0.05) is 0 Å². The molecule has 10 heteroatoms. The number of piperazine rings is 1. The third kappa shape index (κ3) is 4.77. The van der Waals surface area contributed by atoms with Gasteiger partial charge in [0.2, 0.25) is 11.8 Å². The summed E-state index contributed by atoms with van der Waals surface area (Å²) in [5, 5.41) is 0.876. The number of nitrogens with one attached hydrogen (secondary N) is 1. The molecule has 1 aliphatic heterocycles. The van der Waals surface area contributed by atoms with Gasteiger partial charge < -0.3 is 19.5 Å². The van der Waals surface area contributed by atoms with Crippen LogP contribution >= 0.6 is 0 Å². The summed E-state index contributed by atoms with van der Waals surface area (Å²) in [5.74, 6) is -0.0529. The molecule has 1 fully saturated rings. The number of aromatic amines is 1. The molecule has 1 aromatic carbocycles. The van der Waals surface area contributed by atoms with Crippen LogP contribution in [0.2, 0.25) is 0 Å². The number of amides is 1. The van der Waals surface area contributed by atoms with Gasteiger partial charge in [-0.2, -0.15) is 0 Å². The molecular formula is C25H24F2N6O2. The van der Waals surface area contributed by atoms with Gasteiger partial charge in [-0.05, 0) is 53.9 Å². The van der Waals surface area contributed by atoms with Crippen LogP contribution in [0.15, 0.2) is 48.9 Å². The lowest BCUT2D eigenvalue weighted by atomic mass is 10.1. The van der Waals surface area contributed by atoms with Gasteiger partial charge in [0.25, 0.3) is 0 Å². The van der Waals surface area contributed by atoms with Gasteiger partial charge in [-0.15, -0.1) is 0 Å². The fourth-order valence-electron chi connectivity index (χ4n) is 4.29. The summed E-state index contributed by atoms with van der Waals surface area (Å²) in [5.41, 5.74) is 3.05. The molecule has 0 atom stereocenters. The summed E-state index contributed by atoms with van der Waals surface area (Å²) in [4.78, 5) is 32.7. The Kier molecular flexibility index (Phi) is 6.26. The fraction of sp³-hybridized carbons (Fsp3) is 0.280. The van der Waals surface area contributed by atoms with E-state index in [0.717, 1.165) is 22.5 Å². The number of ether oxygens (including phenoxy) is 1. The molecule has 1 saturated heterocycles. The number of hydrogen-bond acceptors (Lipinski definition) is 6. The third-order valence-electron chi connectivity index (χ3n) is 6.18. The second-order valence-corrected chi connectivity index (χ2v) is 8.35. The predicted octanol–water partition coefficient (Wildman–Crippen LogP) is 3.59. The van der Waals surface area contributed by atoms with Crippen molar-refractivity contribution in [2.24, 2.45) is 0 Å². The average molecular weight is 479 g/mol. The van der Waals surface area contributed by atoms with E-state index in [0.29, 0.717) is 43.8 Å². The first-order chi connectivity index (χ1) is 17.0. The molecule has 0 aliphatic carbocycles. The van der Waals surface area contributed by atoms with E-state index in [1.807, 2.05) is 11.0 Å². The summed E-state index contributed by atoms with van der Waals surface area (Å²) in [6.45, 7) is 2.39. The van der Waals surface area contributed by atoms with Crippen molar-refractivity contribution in [1.82, 2.24) is 24.8 Å². The zero-order chi connectivity index (χ0) is 24.4. The van der Waals surface area contributed by atoms with E-state index in [4.69, 9.17) is 4.74 Å². The number of carbonyl (C=O) groups excluding carboxylic acids is 1. The molecule has 4 heterocycles. The highest BCUT2D eigenvalue weighted by Gasteiger charge is 2.24. The van der Waals surface area contributed by atoms with Crippen LogP contribution in [-0.2, 0) is 11.2 Å². The fourth-order valence-corrected chi connectivity index (χ4v) is 4.29. The second-order valence-electron chi connectivity index (χ2n) is 8.35. The molecule has 8 nitrogen and oxygen atoms in total. The van der Waals surface area contributed by atoms with Gasteiger partial charge in [0.05, 0.1) is 12.5 Å². The second kappa shape index (κ2) is 9.65. The topological polar surface area (TPSA) is 87.2 Å². The number of fused-ring (bicyclic) bond motifs is 1. The normalized spacial score (nSPS) is 13.9. The third-order valence-corrected chi connectivity index (χ3v) is 6.18. The molecule has 1 N–H and O–H groups in total. The van der Waals surface area contributed by atoms with Gasteiger partial charge in [-0.25, -0.2) is 23.7 Å². The van der Waals surface area contributed by atoms with Crippen molar-refractivity contribution >= 4 is 22.8 Å². The minimum Gasteiger partial charge on any atom is -0.479 e. The Bertz CT molecular complexity index is 1350. The first-order valence-corrected chi connectivity index (χ1v) is 11.3. The van der Waals surface area contributed by atoms with Crippen LogP contribution < -0.4 is 9.64 Å². The number of rotatable bonds is 6. The Hall–Kier alpha value is -4.08. The van der Waals surface area contributed by atoms with Crippen LogP contribution in [0.1, 0.15) is 12.0 Å². The largest absolute Gasteiger partial charge is 0.479 e. The maximum absolute atomic E-state index is 13.8. The van der Waals surface area contributed by atoms with Crippen molar-refractivity contribution in [2.75, 3.05) is 38.2 Å². The average Bonchev–Trinajstić information content (AvgIpc) is 3.32. The van der Waals surface area contributed by atoms with Gasteiger partial charge in [0.15, 0.2) is 5.82 Å². The van der Waals surface area contributed by atoms with Crippen molar-refractivity contribution in [1.29, 1.82) is 0 Å². The van der Waals surface area contributed by atoms with E-state index in [9.17, 15) is 13.6 Å². The van der Waals surface area contributed by atoms with E-state index >= 15 is 0 Å². The number of nitrogens with zero attached hydrogens (tertiary/aromatic N) is 5. The monoisotopic (exact) mass is 478 g/mol. The van der Waals surface area contributed by atoms with Gasteiger partial charge in [0, 0.05) is 44.5 Å². The van der Waals surface area contributed by atoms with Gasteiger partial charge >= 0.3 is 0 Å². The predicted molar refractivity (Wildman–Crippen MR) is 127 cm³/mol. The number of benzene rings is 1. The maximum atomic E-state index is 13.8. The molecule has 0 spiro atoms. The molecule has 0 saturated carbocycles. The number of aromatic nitrogens is 4. The van der Waals surface area contributed by atoms with Crippen LogP contribution in [-0.4, -0.2) is 64.0 Å². The lowest BCUT2D eigenvalue weighted by molar-refractivity contribution is -0.131. The molecule has 1 amide bonds. The number of H-pyrrole nitrogens is 1. The Morgan fingerprint density at radius 1 is 1.06 bits per heavy atom. The van der Waals surface area contributed by atoms with Crippen molar-refractivity contribution in [2.45, 2.75) is 12.8 Å². The maximum Gasteiger partial charge on any atom is 0.250 e. The number of carbonyl (C=O) groups is 1. The van der Waals surface area contributed by atoms with Crippen LogP contribution in [0.3, 0.4) is 0 Å². The standard InChI is InChI=1S/C25H24F2N6O2/c1-35-25-20(27)12-16(14-28-25)2-7-22(34)32-8-10-33(11-9-32)24-19-13-21(31-23(19)29-15-30-24)17-3-5-18(26)6-4-17/h3-6,12-15H,2,7-11H2,1H3,(H,29,30,31). The van der Waals surface area contributed by atoms with Crippen LogP contribution in [0.4, 0.5) is 14.6 Å². The lowest BCUT2D eigenvalue weighted by Crippen LogP contribution is -2.49. The molecule has 35 heavy (non-hydrogen) atoms. The van der Waals surface area contributed by atoms with E-state index < -0.39 is 5.82 Å². The van der Waals surface area contributed by atoms with Crippen LogP contribution in [0.25, 0.3) is 22.3 Å². The first kappa shape index (κ1) is 22.7. The summed E-state index contributed by atoms with van der Waals surface area (Å²) < 4.78 is 32.0. The highest BCUT2D eigenvalue weighted by atomic mass is 19.1. The smallest absolute Gasteiger partial charge is 0.250 e. The molecule has 4 aromatic rings. The lowest BCUT2D eigenvalue weighted by Gasteiger charge is -2.35. The Morgan fingerprint density at radius 2 is 1.83 bits per heavy atom. The molecule has 0 unspecified atom stereocenters. The number of anilines is 1. The number of pyridine rings is 1. The minimum absolute atomic E-state index is 0.0222. The summed E-state index contributed by atoms with van der Waals surface area (Å²) in [7, 11) is 1.36. The highest BCUT2D eigenvalue weighted by Crippen LogP contribution is 2.29. The number of halogens is 2. The molecule has 1 aliphatic rings. The van der Waals surface area contributed by atoms with Gasteiger partial charge in [0.1, 0.15) is 23.6 Å². The summed E-state index contributed by atoms with van der Waals surface area (Å²) >= 11 is 0. The van der Waals surface area contributed by atoms with Crippen molar-refractivity contribution in [3.8, 4) is 17.1 Å². The summed E-state index contributed by atoms with van der Waals surface area (Å²) in [6.07, 6.45) is 3.74. The summed E-state index contributed by atoms with van der Waals surface area (Å²) in [6, 6.07) is 9.60. The SMILES string of the molecule is COc1ncc(CCC(=O)N2CCN(c3ncnc4[nH]c(-c5ccc(F)cc5)cc34)CC2)cc1F. The van der Waals surface area contributed by atoms with E-state index in [-0.39, 0.29) is 24.0 Å². The molecule has 0 bridgehead atoms. The Balaban J connectivity index is 1.23. The molecule has 0 radical (unpaired) electrons. The van der Waals surface area contributed by atoms with E-state index in [2.05, 4.69) is 24.8 Å². The van der Waals surface area contributed by atoms with Crippen molar-refractivity contribution in [3.05, 3.63) is 66.1 Å². The quantitative estimate of drug-likeness (QED) is 0.456. The van der Waals surface area contributed by atoms with Crippen molar-refractivity contribution in [3.63, 3.8) is 0 Å². The number of methoxy groups -OCH3 is 1. The first-order valence-electron chi connectivity index (χ1n) is 11.3. The van der Waals surface area contributed by atoms with E-state index in [1.54, 1.807) is 12.1 Å². The van der Waals surface area contributed by atoms with Crippen molar-refractivity contribution < 1.29 is 18.3 Å². The number of hydrogen-bond donors (Lipinski definition) is 1. The van der Waals surface area contributed by atoms with Crippen LogP contribution in [0, 0.1) is 11.6 Å². The Labute approximate surface area is 200 Å². The highest BCUT2D eigenvalue weighted by molar-refractivity contribution is 5.92. The van der Waals surface area contributed by atoms with Crippen LogP contribution in [0.5, 0.6) is 5.88 Å². The number of aryl methyl sites for hydroxylation is 1. The Morgan fingerprint density at radius 3 is 2.54 bits per heavy atom. The zero-order valence-corrected chi connectivity index (χ0v) is 19.2. The van der Waals surface area contributed by atoms with E-state index in [1.165, 1.54) is 37.8 Å². The molecule has 5 rings (SSSR count). The van der Waals surface area contributed by atoms with Gasteiger partial charge in [-0.3, -0.25) is 4.79 Å².